The molecule has 0 spiro atoms. The van der Waals surface area contributed by atoms with Gasteiger partial charge in [-0.25, -0.2) is 4.39 Å². The fourth-order valence-corrected chi connectivity index (χ4v) is 3.66. The maximum absolute atomic E-state index is 14.4. The van der Waals surface area contributed by atoms with Gasteiger partial charge in [0.1, 0.15) is 17.4 Å². The van der Waals surface area contributed by atoms with Crippen LogP contribution in [-0.4, -0.2) is 21.6 Å². The standard InChI is InChI=1S/C17H18FNO3/c1-9(20)16-15(11-6-4-5-7-12(11)18)14-10(2)22-19-13(14)8-17(16,3)21/h4-7,15-16,21H,8H2,1-3H3/t15-,16+,17+/m0/s1. The van der Waals surface area contributed by atoms with Crippen LogP contribution in [0, 0.1) is 18.7 Å². The number of aliphatic hydroxyl groups is 1. The zero-order valence-corrected chi connectivity index (χ0v) is 12.8. The van der Waals surface area contributed by atoms with E-state index in [2.05, 4.69) is 5.16 Å². The van der Waals surface area contributed by atoms with E-state index in [1.165, 1.54) is 13.0 Å². The summed E-state index contributed by atoms with van der Waals surface area (Å²) in [4.78, 5) is 12.2. The number of nitrogens with zero attached hydrogens (tertiary/aromatic N) is 1. The number of hydrogen-bond acceptors (Lipinski definition) is 4. The molecule has 0 radical (unpaired) electrons. The number of carbonyl (C=O) groups is 1. The number of rotatable bonds is 2. The van der Waals surface area contributed by atoms with Crippen LogP contribution < -0.4 is 0 Å². The van der Waals surface area contributed by atoms with Gasteiger partial charge in [-0.1, -0.05) is 23.4 Å². The zero-order valence-electron chi connectivity index (χ0n) is 12.8. The molecule has 0 fully saturated rings. The van der Waals surface area contributed by atoms with Crippen molar-refractivity contribution >= 4 is 5.78 Å². The quantitative estimate of drug-likeness (QED) is 0.926. The van der Waals surface area contributed by atoms with Crippen LogP contribution in [0.2, 0.25) is 0 Å². The van der Waals surface area contributed by atoms with Gasteiger partial charge in [-0.05, 0) is 32.4 Å². The Bertz CT molecular complexity index is 735. The molecule has 0 bridgehead atoms. The molecule has 5 heteroatoms. The number of carbonyl (C=O) groups excluding carboxylic acids is 1. The Hall–Kier alpha value is -2.01. The minimum Gasteiger partial charge on any atom is -0.389 e. The fraction of sp³-hybridized carbons (Fsp3) is 0.412. The lowest BCUT2D eigenvalue weighted by Crippen LogP contribution is -2.48. The lowest BCUT2D eigenvalue weighted by Gasteiger charge is -2.40. The van der Waals surface area contributed by atoms with Gasteiger partial charge in [0, 0.05) is 17.9 Å². The first-order valence-corrected chi connectivity index (χ1v) is 7.25. The van der Waals surface area contributed by atoms with Crippen molar-refractivity contribution in [2.75, 3.05) is 0 Å². The third-order valence-electron chi connectivity index (χ3n) is 4.50. The second-order valence-corrected chi connectivity index (χ2v) is 6.22. The van der Waals surface area contributed by atoms with Crippen molar-refractivity contribution in [1.82, 2.24) is 5.16 Å². The molecular formula is C17H18FNO3. The summed E-state index contributed by atoms with van der Waals surface area (Å²) in [5.74, 6) is -1.35. The Labute approximate surface area is 127 Å². The molecule has 3 atom stereocenters. The van der Waals surface area contributed by atoms with E-state index in [9.17, 15) is 14.3 Å². The Morgan fingerprint density at radius 3 is 2.77 bits per heavy atom. The molecular weight excluding hydrogens is 285 g/mol. The molecule has 4 nitrogen and oxygen atoms in total. The number of fused-ring (bicyclic) bond motifs is 1. The monoisotopic (exact) mass is 303 g/mol. The molecule has 2 aromatic rings. The highest BCUT2D eigenvalue weighted by Crippen LogP contribution is 2.47. The number of Topliss-reactive ketones (excluding diaryl/α,β-unsaturated/α-hetero) is 1. The Balaban J connectivity index is 2.28. The van der Waals surface area contributed by atoms with Gasteiger partial charge in [-0.3, -0.25) is 4.79 Å². The van der Waals surface area contributed by atoms with Gasteiger partial charge in [0.2, 0.25) is 0 Å². The second kappa shape index (κ2) is 5.02. The lowest BCUT2D eigenvalue weighted by atomic mass is 9.64. The molecule has 0 saturated heterocycles. The van der Waals surface area contributed by atoms with Gasteiger partial charge in [-0.2, -0.15) is 0 Å². The third-order valence-corrected chi connectivity index (χ3v) is 4.50. The number of ketones is 1. The summed E-state index contributed by atoms with van der Waals surface area (Å²) < 4.78 is 19.6. The minimum atomic E-state index is -1.30. The molecule has 1 aliphatic rings. The molecule has 0 aliphatic heterocycles. The summed E-state index contributed by atoms with van der Waals surface area (Å²) in [7, 11) is 0. The largest absolute Gasteiger partial charge is 0.389 e. The van der Waals surface area contributed by atoms with Crippen LogP contribution in [0.3, 0.4) is 0 Å². The van der Waals surface area contributed by atoms with Gasteiger partial charge >= 0.3 is 0 Å². The van der Waals surface area contributed by atoms with Crippen LogP contribution in [0.25, 0.3) is 0 Å². The van der Waals surface area contributed by atoms with Gasteiger partial charge in [0.25, 0.3) is 0 Å². The van der Waals surface area contributed by atoms with Crippen molar-refractivity contribution in [3.63, 3.8) is 0 Å². The van der Waals surface area contributed by atoms with E-state index in [4.69, 9.17) is 4.52 Å². The molecule has 0 amide bonds. The first-order valence-electron chi connectivity index (χ1n) is 7.25. The highest BCUT2D eigenvalue weighted by molar-refractivity contribution is 5.82. The highest BCUT2D eigenvalue weighted by Gasteiger charge is 2.49. The van der Waals surface area contributed by atoms with Crippen LogP contribution in [0.1, 0.15) is 42.3 Å². The van der Waals surface area contributed by atoms with E-state index in [0.717, 1.165) is 5.56 Å². The van der Waals surface area contributed by atoms with Crippen LogP contribution in [-0.2, 0) is 11.2 Å². The summed E-state index contributed by atoms with van der Waals surface area (Å²) >= 11 is 0. The Morgan fingerprint density at radius 2 is 2.14 bits per heavy atom. The molecule has 3 rings (SSSR count). The first kappa shape index (κ1) is 14.9. The van der Waals surface area contributed by atoms with Crippen molar-refractivity contribution in [3.8, 4) is 0 Å². The molecule has 22 heavy (non-hydrogen) atoms. The molecule has 1 aromatic carbocycles. The number of halogens is 1. The Kier molecular flexibility index (Phi) is 3.40. The van der Waals surface area contributed by atoms with Crippen molar-refractivity contribution < 1.29 is 18.8 Å². The summed E-state index contributed by atoms with van der Waals surface area (Å²) in [5, 5.41) is 14.7. The molecule has 1 aliphatic carbocycles. The SMILES string of the molecule is CC(=O)[C@@H]1[C@@H](c2ccccc2F)c2c(noc2C)C[C@@]1(C)O. The molecule has 1 heterocycles. The molecule has 116 valence electrons. The highest BCUT2D eigenvalue weighted by atomic mass is 19.1. The van der Waals surface area contributed by atoms with Gasteiger partial charge in [0.05, 0.1) is 17.2 Å². The zero-order chi connectivity index (χ0) is 16.1. The summed E-state index contributed by atoms with van der Waals surface area (Å²) in [6, 6.07) is 6.33. The topological polar surface area (TPSA) is 63.3 Å². The smallest absolute Gasteiger partial charge is 0.137 e. The normalized spacial score (nSPS) is 27.5. The molecule has 0 unspecified atom stereocenters. The van der Waals surface area contributed by atoms with Gasteiger partial charge in [0.15, 0.2) is 0 Å². The van der Waals surface area contributed by atoms with Crippen molar-refractivity contribution in [2.45, 2.75) is 38.7 Å². The van der Waals surface area contributed by atoms with Crippen LogP contribution in [0.15, 0.2) is 28.8 Å². The van der Waals surface area contributed by atoms with E-state index in [-0.39, 0.29) is 12.2 Å². The van der Waals surface area contributed by atoms with E-state index < -0.39 is 23.3 Å². The summed E-state index contributed by atoms with van der Waals surface area (Å²) in [5.41, 5.74) is 0.398. The van der Waals surface area contributed by atoms with Crippen molar-refractivity contribution in [3.05, 3.63) is 52.7 Å². The summed E-state index contributed by atoms with van der Waals surface area (Å²) in [6.45, 7) is 4.78. The maximum Gasteiger partial charge on any atom is 0.137 e. The summed E-state index contributed by atoms with van der Waals surface area (Å²) in [6.07, 6.45) is 0.217. The molecule has 0 saturated carbocycles. The maximum atomic E-state index is 14.4. The predicted octanol–water partition coefficient (Wildman–Crippen LogP) is 2.77. The second-order valence-electron chi connectivity index (χ2n) is 6.22. The van der Waals surface area contributed by atoms with Gasteiger partial charge < -0.3 is 9.63 Å². The van der Waals surface area contributed by atoms with Gasteiger partial charge in [-0.15, -0.1) is 0 Å². The molecule has 1 N–H and O–H groups in total. The number of hydrogen-bond donors (Lipinski definition) is 1. The van der Waals surface area contributed by atoms with Crippen LogP contribution in [0.5, 0.6) is 0 Å². The van der Waals surface area contributed by atoms with Crippen LogP contribution >= 0.6 is 0 Å². The average molecular weight is 303 g/mol. The fourth-order valence-electron chi connectivity index (χ4n) is 3.66. The van der Waals surface area contributed by atoms with E-state index in [1.54, 1.807) is 32.0 Å². The minimum absolute atomic E-state index is 0.176. The lowest BCUT2D eigenvalue weighted by molar-refractivity contribution is -0.131. The van der Waals surface area contributed by atoms with E-state index in [0.29, 0.717) is 17.0 Å². The number of aromatic nitrogens is 1. The molecule has 1 aromatic heterocycles. The number of aryl methyl sites for hydroxylation is 1. The van der Waals surface area contributed by atoms with E-state index in [1.807, 2.05) is 0 Å². The van der Waals surface area contributed by atoms with Crippen molar-refractivity contribution in [1.29, 1.82) is 0 Å². The number of benzene rings is 1. The Morgan fingerprint density at radius 1 is 1.45 bits per heavy atom. The predicted molar refractivity (Wildman–Crippen MR) is 78.0 cm³/mol. The third kappa shape index (κ3) is 2.16. The van der Waals surface area contributed by atoms with Crippen LogP contribution in [0.4, 0.5) is 4.39 Å². The van der Waals surface area contributed by atoms with Crippen molar-refractivity contribution in [2.24, 2.45) is 5.92 Å². The average Bonchev–Trinajstić information content (AvgIpc) is 2.77. The first-order chi connectivity index (χ1) is 10.3. The van der Waals surface area contributed by atoms with E-state index >= 15 is 0 Å².